The molecular weight excluding hydrogens is 254 g/mol. The van der Waals surface area contributed by atoms with Crippen molar-refractivity contribution in [3.8, 4) is 0 Å². The molecule has 4 heteroatoms. The molecule has 2 heterocycles. The van der Waals surface area contributed by atoms with Gasteiger partial charge in [0.1, 0.15) is 11.7 Å². The lowest BCUT2D eigenvalue weighted by atomic mass is 9.96. The molecule has 1 atom stereocenters. The fourth-order valence-corrected chi connectivity index (χ4v) is 2.87. The molecule has 0 saturated carbocycles. The van der Waals surface area contributed by atoms with E-state index in [0.29, 0.717) is 0 Å². The number of hydrogen-bond acceptors (Lipinski definition) is 3. The molecular formula is C16H17NO3. The normalized spacial score (nSPS) is 17.3. The number of rotatable bonds is 3. The van der Waals surface area contributed by atoms with Gasteiger partial charge in [-0.25, -0.2) is 4.79 Å². The van der Waals surface area contributed by atoms with E-state index in [0.717, 1.165) is 41.3 Å². The molecule has 104 valence electrons. The summed E-state index contributed by atoms with van der Waals surface area (Å²) in [5, 5.41) is 0.923. The summed E-state index contributed by atoms with van der Waals surface area (Å²) in [5.74, 6) is -0.495. The maximum Gasteiger partial charge on any atom is 0.344 e. The molecule has 0 amide bonds. The van der Waals surface area contributed by atoms with Crippen molar-refractivity contribution < 1.29 is 9.53 Å². The first-order valence-corrected chi connectivity index (χ1v) is 7.00. The van der Waals surface area contributed by atoms with Crippen molar-refractivity contribution in [3.05, 3.63) is 45.2 Å². The second-order valence-electron chi connectivity index (χ2n) is 5.28. The van der Waals surface area contributed by atoms with Gasteiger partial charge in [-0.2, -0.15) is 0 Å². The van der Waals surface area contributed by atoms with Crippen LogP contribution in [0.25, 0.3) is 10.9 Å². The van der Waals surface area contributed by atoms with E-state index in [-0.39, 0.29) is 17.2 Å². The van der Waals surface area contributed by atoms with Crippen molar-refractivity contribution in [2.75, 3.05) is 0 Å². The van der Waals surface area contributed by atoms with E-state index in [1.54, 1.807) is 0 Å². The topological polar surface area (TPSA) is 59.2 Å². The molecule has 20 heavy (non-hydrogen) atoms. The Morgan fingerprint density at radius 3 is 2.85 bits per heavy atom. The highest BCUT2D eigenvalue weighted by atomic mass is 16.5. The third-order valence-electron chi connectivity index (χ3n) is 3.89. The highest BCUT2D eigenvalue weighted by Gasteiger charge is 2.35. The van der Waals surface area contributed by atoms with Gasteiger partial charge in [-0.15, -0.1) is 0 Å². The van der Waals surface area contributed by atoms with Crippen molar-refractivity contribution in [2.24, 2.45) is 0 Å². The molecule has 2 aromatic rings. The fourth-order valence-electron chi connectivity index (χ4n) is 2.87. The predicted octanol–water partition coefficient (Wildman–Crippen LogP) is 3.24. The molecule has 0 fully saturated rings. The van der Waals surface area contributed by atoms with Crippen LogP contribution in [0, 0.1) is 6.92 Å². The van der Waals surface area contributed by atoms with Gasteiger partial charge in [0.15, 0.2) is 0 Å². The first kappa shape index (κ1) is 12.9. The minimum Gasteiger partial charge on any atom is -0.454 e. The summed E-state index contributed by atoms with van der Waals surface area (Å²) in [7, 11) is 0. The van der Waals surface area contributed by atoms with Gasteiger partial charge in [-0.1, -0.05) is 31.5 Å². The van der Waals surface area contributed by atoms with E-state index in [1.165, 1.54) is 0 Å². The molecule has 1 N–H and O–H groups in total. The summed E-state index contributed by atoms with van der Waals surface area (Å²) in [4.78, 5) is 26.9. The second-order valence-corrected chi connectivity index (χ2v) is 5.28. The van der Waals surface area contributed by atoms with Gasteiger partial charge in [0.05, 0.1) is 5.52 Å². The summed E-state index contributed by atoms with van der Waals surface area (Å²) in [6, 6.07) is 5.83. The summed E-state index contributed by atoms with van der Waals surface area (Å²) in [6.07, 6.45) is 2.48. The number of aryl methyl sites for hydroxylation is 1. The molecule has 0 saturated heterocycles. The first-order valence-electron chi connectivity index (χ1n) is 7.00. The minimum atomic E-state index is -0.495. The van der Waals surface area contributed by atoms with Gasteiger partial charge < -0.3 is 9.72 Å². The number of H-pyrrole nitrogens is 1. The molecule has 0 radical (unpaired) electrons. The molecule has 0 bridgehead atoms. The maximum atomic E-state index is 12.2. The molecule has 1 unspecified atom stereocenters. The monoisotopic (exact) mass is 271 g/mol. The Morgan fingerprint density at radius 1 is 1.30 bits per heavy atom. The number of hydrogen-bond donors (Lipinski definition) is 1. The Hall–Kier alpha value is -2.10. The Bertz CT molecular complexity index is 745. The fraction of sp³-hybridized carbons (Fsp3) is 0.375. The highest BCUT2D eigenvalue weighted by Crippen LogP contribution is 2.37. The number of fused-ring (bicyclic) bond motifs is 3. The molecule has 1 aromatic carbocycles. The maximum absolute atomic E-state index is 12.2. The van der Waals surface area contributed by atoms with E-state index in [1.807, 2.05) is 25.1 Å². The summed E-state index contributed by atoms with van der Waals surface area (Å²) in [6.45, 7) is 4.04. The number of carbonyl (C=O) groups excluding carboxylic acids is 1. The number of unbranched alkanes of at least 4 members (excludes halogenated alkanes) is 1. The van der Waals surface area contributed by atoms with Crippen LogP contribution in [0.2, 0.25) is 0 Å². The zero-order valence-electron chi connectivity index (χ0n) is 11.7. The first-order chi connectivity index (χ1) is 9.63. The molecule has 1 aliphatic heterocycles. The van der Waals surface area contributed by atoms with Crippen LogP contribution in [0.4, 0.5) is 0 Å². The highest BCUT2D eigenvalue weighted by molar-refractivity contribution is 6.00. The van der Waals surface area contributed by atoms with Gasteiger partial charge in [-0.05, 0) is 25.3 Å². The Morgan fingerprint density at radius 2 is 2.10 bits per heavy atom. The lowest BCUT2D eigenvalue weighted by molar-refractivity contribution is 0.0365. The number of esters is 1. The average molecular weight is 271 g/mol. The lowest BCUT2D eigenvalue weighted by Crippen LogP contribution is -2.16. The minimum absolute atomic E-state index is 0.184. The van der Waals surface area contributed by atoms with E-state index in [9.17, 15) is 9.59 Å². The van der Waals surface area contributed by atoms with E-state index in [2.05, 4.69) is 11.9 Å². The average Bonchev–Trinajstić information content (AvgIpc) is 2.76. The number of nitrogens with one attached hydrogen (secondary N) is 1. The third-order valence-corrected chi connectivity index (χ3v) is 3.89. The van der Waals surface area contributed by atoms with E-state index < -0.39 is 5.97 Å². The van der Waals surface area contributed by atoms with Crippen LogP contribution in [0.3, 0.4) is 0 Å². The van der Waals surface area contributed by atoms with Crippen LogP contribution >= 0.6 is 0 Å². The number of aromatic amines is 1. The van der Waals surface area contributed by atoms with Crippen LogP contribution in [0.5, 0.6) is 0 Å². The van der Waals surface area contributed by atoms with Crippen molar-refractivity contribution in [1.29, 1.82) is 0 Å². The number of cyclic esters (lactones) is 1. The zero-order chi connectivity index (χ0) is 14.3. The molecule has 4 nitrogen and oxygen atoms in total. The van der Waals surface area contributed by atoms with Crippen LogP contribution in [-0.2, 0) is 4.74 Å². The number of para-hydroxylation sites is 1. The zero-order valence-corrected chi connectivity index (χ0v) is 11.7. The van der Waals surface area contributed by atoms with Crippen molar-refractivity contribution in [1.82, 2.24) is 4.98 Å². The smallest absolute Gasteiger partial charge is 0.344 e. The number of pyridine rings is 1. The molecule has 1 aromatic heterocycles. The molecule has 0 aliphatic carbocycles. The second kappa shape index (κ2) is 4.78. The summed E-state index contributed by atoms with van der Waals surface area (Å²) < 4.78 is 5.40. The Kier molecular flexibility index (Phi) is 3.08. The van der Waals surface area contributed by atoms with E-state index in [4.69, 9.17) is 4.74 Å². The van der Waals surface area contributed by atoms with Crippen molar-refractivity contribution >= 4 is 16.9 Å². The third kappa shape index (κ3) is 1.83. The largest absolute Gasteiger partial charge is 0.454 e. The number of aromatic nitrogens is 1. The number of carbonyl (C=O) groups is 1. The quantitative estimate of drug-likeness (QED) is 0.872. The van der Waals surface area contributed by atoms with Crippen LogP contribution in [-0.4, -0.2) is 11.0 Å². The van der Waals surface area contributed by atoms with Crippen molar-refractivity contribution in [3.63, 3.8) is 0 Å². The molecule has 1 aliphatic rings. The van der Waals surface area contributed by atoms with Crippen LogP contribution in [0.1, 0.15) is 53.8 Å². The summed E-state index contributed by atoms with van der Waals surface area (Å²) >= 11 is 0. The Labute approximate surface area is 116 Å². The lowest BCUT2D eigenvalue weighted by Gasteiger charge is -2.12. The van der Waals surface area contributed by atoms with Gasteiger partial charge in [0.2, 0.25) is 0 Å². The summed E-state index contributed by atoms with van der Waals surface area (Å²) in [5.41, 5.74) is 2.41. The van der Waals surface area contributed by atoms with Crippen LogP contribution in [0.15, 0.2) is 23.0 Å². The van der Waals surface area contributed by atoms with E-state index >= 15 is 0 Å². The standard InChI is InChI=1S/C16H17NO3/c1-3-4-8-11-12-10-7-5-6-9(2)14(10)17-15(18)13(12)16(19)20-11/h5-7,11H,3-4,8H2,1-2H3,(H,17,18). The number of ether oxygens (including phenoxy) is 1. The molecule has 0 spiro atoms. The van der Waals surface area contributed by atoms with Gasteiger partial charge in [0, 0.05) is 10.9 Å². The predicted molar refractivity (Wildman–Crippen MR) is 77.0 cm³/mol. The Balaban J connectivity index is 2.29. The molecule has 3 rings (SSSR count). The number of benzene rings is 1. The van der Waals surface area contributed by atoms with Gasteiger partial charge in [0.25, 0.3) is 5.56 Å². The SMILES string of the molecule is CCCCC1OC(=O)c2c1c1cccc(C)c1[nH]c2=O. The van der Waals surface area contributed by atoms with Crippen LogP contribution < -0.4 is 5.56 Å². The van der Waals surface area contributed by atoms with Crippen molar-refractivity contribution in [2.45, 2.75) is 39.2 Å². The van der Waals surface area contributed by atoms with Gasteiger partial charge >= 0.3 is 5.97 Å². The van der Waals surface area contributed by atoms with Gasteiger partial charge in [-0.3, -0.25) is 4.79 Å².